The maximum Gasteiger partial charge on any atom is 0.416 e. The third-order valence-electron chi connectivity index (χ3n) is 5.14. The lowest BCUT2D eigenvalue weighted by Crippen LogP contribution is -2.43. The lowest BCUT2D eigenvalue weighted by Gasteiger charge is -2.21. The van der Waals surface area contributed by atoms with E-state index < -0.39 is 30.0 Å². The van der Waals surface area contributed by atoms with Gasteiger partial charge in [0.05, 0.1) is 23.6 Å². The number of nitrogens with one attached hydrogen (secondary N) is 3. The van der Waals surface area contributed by atoms with Crippen molar-refractivity contribution in [2.45, 2.75) is 37.4 Å². The molecule has 2 unspecified atom stereocenters. The Morgan fingerprint density at radius 2 is 1.72 bits per heavy atom. The average Bonchev–Trinajstić information content (AvgIpc) is 3.42. The van der Waals surface area contributed by atoms with E-state index in [0.717, 1.165) is 6.07 Å². The first-order valence-electron chi connectivity index (χ1n) is 9.59. The van der Waals surface area contributed by atoms with Crippen molar-refractivity contribution in [3.05, 3.63) is 71.8 Å². The summed E-state index contributed by atoms with van der Waals surface area (Å²) in [5, 5.41) is 0. The van der Waals surface area contributed by atoms with Crippen LogP contribution in [0.5, 0.6) is 0 Å². The number of rotatable bonds is 5. The fraction of sp³-hybridized carbons (Fsp3) is 0.300. The summed E-state index contributed by atoms with van der Waals surface area (Å²) < 4.78 is 80.7. The molecule has 1 saturated heterocycles. The van der Waals surface area contributed by atoms with Crippen LogP contribution < -0.4 is 16.4 Å². The van der Waals surface area contributed by atoms with Crippen LogP contribution in [0.25, 0.3) is 11.4 Å². The van der Waals surface area contributed by atoms with Crippen molar-refractivity contribution >= 4 is 0 Å². The van der Waals surface area contributed by atoms with E-state index in [0.29, 0.717) is 17.0 Å². The molecule has 0 amide bonds. The smallest absolute Gasteiger partial charge is 0.336 e. The van der Waals surface area contributed by atoms with Crippen LogP contribution >= 0.6 is 0 Å². The zero-order valence-electron chi connectivity index (χ0n) is 16.4. The van der Waals surface area contributed by atoms with Crippen LogP contribution in [0.3, 0.4) is 0 Å². The summed E-state index contributed by atoms with van der Waals surface area (Å²) in [6.45, 7) is 0.244. The summed E-state index contributed by atoms with van der Waals surface area (Å²) >= 11 is 0. The number of hydrazine groups is 2. The molecule has 32 heavy (non-hydrogen) atoms. The molecule has 3 aromatic rings. The predicted molar refractivity (Wildman–Crippen MR) is 103 cm³/mol. The molecule has 4 rings (SSSR count). The molecule has 2 atom stereocenters. The van der Waals surface area contributed by atoms with Crippen molar-refractivity contribution in [1.29, 1.82) is 0 Å². The molecule has 170 valence electrons. The Bertz CT molecular complexity index is 1080. The fourth-order valence-corrected chi connectivity index (χ4v) is 3.57. The Labute approximate surface area is 178 Å². The molecule has 0 spiro atoms. The van der Waals surface area contributed by atoms with E-state index in [-0.39, 0.29) is 18.5 Å². The zero-order valence-corrected chi connectivity index (χ0v) is 16.4. The largest absolute Gasteiger partial charge is 0.416 e. The number of nitrogens with zero attached hydrogens (tertiary/aromatic N) is 3. The number of alkyl halides is 6. The quantitative estimate of drug-likeness (QED) is 0.510. The first-order valence-corrected chi connectivity index (χ1v) is 9.59. The molecule has 1 fully saturated rings. The molecule has 1 aliphatic heterocycles. The number of pyridine rings is 1. The Balaban J connectivity index is 1.50. The molecular formula is C20H18F6N6. The number of halogens is 6. The lowest BCUT2D eigenvalue weighted by atomic mass is 10.0. The molecule has 1 aliphatic rings. The van der Waals surface area contributed by atoms with Crippen molar-refractivity contribution in [2.24, 2.45) is 0 Å². The number of imidazole rings is 1. The van der Waals surface area contributed by atoms with Crippen molar-refractivity contribution in [2.75, 3.05) is 0 Å². The van der Waals surface area contributed by atoms with Gasteiger partial charge in [0.2, 0.25) is 0 Å². The van der Waals surface area contributed by atoms with Gasteiger partial charge < -0.3 is 4.57 Å². The van der Waals surface area contributed by atoms with E-state index in [1.807, 2.05) is 0 Å². The molecule has 3 N–H and O–H groups in total. The van der Waals surface area contributed by atoms with E-state index >= 15 is 0 Å². The van der Waals surface area contributed by atoms with Crippen molar-refractivity contribution in [3.63, 3.8) is 0 Å². The minimum absolute atomic E-state index is 0.134. The van der Waals surface area contributed by atoms with E-state index in [9.17, 15) is 26.3 Å². The average molecular weight is 456 g/mol. The van der Waals surface area contributed by atoms with Gasteiger partial charge in [-0.05, 0) is 35.7 Å². The maximum absolute atomic E-state index is 13.2. The first-order chi connectivity index (χ1) is 15.1. The summed E-state index contributed by atoms with van der Waals surface area (Å²) in [4.78, 5) is 8.38. The Kier molecular flexibility index (Phi) is 5.93. The monoisotopic (exact) mass is 456 g/mol. The van der Waals surface area contributed by atoms with Gasteiger partial charge in [0, 0.05) is 18.9 Å². The second-order valence-corrected chi connectivity index (χ2v) is 7.29. The molecule has 0 radical (unpaired) electrons. The predicted octanol–water partition coefficient (Wildman–Crippen LogP) is 3.79. The number of aryl methyl sites for hydroxylation is 2. The minimum atomic E-state index is -4.47. The molecule has 6 nitrogen and oxygen atoms in total. The lowest BCUT2D eigenvalue weighted by molar-refractivity contribution is -0.156. The zero-order chi connectivity index (χ0) is 22.9. The van der Waals surface area contributed by atoms with Gasteiger partial charge in [-0.1, -0.05) is 18.2 Å². The second kappa shape index (κ2) is 8.52. The Morgan fingerprint density at radius 3 is 2.47 bits per heavy atom. The SMILES string of the molecule is FC(F)(F)c1ccccc1CCn1cnc(-c2cc(C3NNNC3C(F)(F)F)ccn2)c1. The van der Waals surface area contributed by atoms with Gasteiger partial charge in [0.25, 0.3) is 0 Å². The molecule has 12 heteroatoms. The van der Waals surface area contributed by atoms with Gasteiger partial charge in [-0.2, -0.15) is 31.9 Å². The van der Waals surface area contributed by atoms with Crippen LogP contribution in [-0.4, -0.2) is 26.8 Å². The van der Waals surface area contributed by atoms with Gasteiger partial charge in [-0.25, -0.2) is 15.8 Å². The highest BCUT2D eigenvalue weighted by Crippen LogP contribution is 2.33. The molecule has 0 aliphatic carbocycles. The van der Waals surface area contributed by atoms with Gasteiger partial charge in [0.15, 0.2) is 0 Å². The number of aromatic nitrogens is 3. The number of benzene rings is 1. The Morgan fingerprint density at radius 1 is 0.938 bits per heavy atom. The van der Waals surface area contributed by atoms with Crippen molar-refractivity contribution < 1.29 is 26.3 Å². The topological polar surface area (TPSA) is 66.8 Å². The highest BCUT2D eigenvalue weighted by molar-refractivity contribution is 5.54. The Hall–Kier alpha value is -2.96. The number of hydrogen-bond donors (Lipinski definition) is 3. The molecule has 3 heterocycles. The highest BCUT2D eigenvalue weighted by atomic mass is 19.4. The molecule has 2 aromatic heterocycles. The van der Waals surface area contributed by atoms with Crippen LogP contribution in [0.4, 0.5) is 26.3 Å². The molecular weight excluding hydrogens is 438 g/mol. The van der Waals surface area contributed by atoms with E-state index in [1.54, 1.807) is 16.8 Å². The first kappa shape index (κ1) is 22.2. The van der Waals surface area contributed by atoms with Crippen LogP contribution in [0.1, 0.15) is 22.7 Å². The van der Waals surface area contributed by atoms with E-state index in [4.69, 9.17) is 0 Å². The highest BCUT2D eigenvalue weighted by Gasteiger charge is 2.48. The molecule has 0 saturated carbocycles. The fourth-order valence-electron chi connectivity index (χ4n) is 3.57. The summed E-state index contributed by atoms with van der Waals surface area (Å²) in [5.41, 5.74) is 7.58. The minimum Gasteiger partial charge on any atom is -0.336 e. The van der Waals surface area contributed by atoms with E-state index in [1.165, 1.54) is 36.8 Å². The maximum atomic E-state index is 13.2. The van der Waals surface area contributed by atoms with Gasteiger partial charge in [-0.15, -0.1) is 0 Å². The van der Waals surface area contributed by atoms with Crippen LogP contribution in [0.2, 0.25) is 0 Å². The third kappa shape index (κ3) is 4.76. The normalized spacial score (nSPS) is 19.4. The summed E-state index contributed by atoms with van der Waals surface area (Å²) in [5.74, 6) is 0. The summed E-state index contributed by atoms with van der Waals surface area (Å²) in [7, 11) is 0. The van der Waals surface area contributed by atoms with Crippen molar-refractivity contribution in [3.8, 4) is 11.4 Å². The van der Waals surface area contributed by atoms with Crippen LogP contribution in [0.15, 0.2) is 55.1 Å². The van der Waals surface area contributed by atoms with Crippen molar-refractivity contribution in [1.82, 2.24) is 30.9 Å². The van der Waals surface area contributed by atoms with Gasteiger partial charge in [0.1, 0.15) is 11.7 Å². The second-order valence-electron chi connectivity index (χ2n) is 7.29. The summed E-state index contributed by atoms with van der Waals surface area (Å²) in [6, 6.07) is 5.43. The van der Waals surface area contributed by atoms with Gasteiger partial charge >= 0.3 is 12.4 Å². The molecule has 1 aromatic carbocycles. The van der Waals surface area contributed by atoms with E-state index in [2.05, 4.69) is 26.4 Å². The molecule has 0 bridgehead atoms. The number of hydrogen-bond acceptors (Lipinski definition) is 5. The van der Waals surface area contributed by atoms with Crippen LogP contribution in [0, 0.1) is 0 Å². The van der Waals surface area contributed by atoms with Gasteiger partial charge in [-0.3, -0.25) is 4.98 Å². The van der Waals surface area contributed by atoms with Crippen LogP contribution in [-0.2, 0) is 19.1 Å². The summed E-state index contributed by atoms with van der Waals surface area (Å²) in [6.07, 6.45) is -4.34. The standard InChI is InChI=1S/C20H18F6N6/c21-19(22,23)14-4-2-1-3-12(14)6-8-32-10-16(28-11-32)15-9-13(5-7-27-15)17-18(20(24,25)26)30-31-29-17/h1-5,7,9-11,17-18,29-31H,6,8H2. The third-order valence-corrected chi connectivity index (χ3v) is 5.14.